The number of rotatable bonds is 2. The molecule has 2 aromatic rings. The molecule has 3 nitrogen and oxygen atoms in total. The van der Waals surface area contributed by atoms with Crippen LogP contribution in [0.5, 0.6) is 0 Å². The zero-order chi connectivity index (χ0) is 13.1. The molecule has 0 aliphatic heterocycles. The lowest BCUT2D eigenvalue weighted by atomic mass is 10.2. The summed E-state index contributed by atoms with van der Waals surface area (Å²) in [4.78, 5) is 0. The van der Waals surface area contributed by atoms with Crippen molar-refractivity contribution < 1.29 is 8.78 Å². The number of benzene rings is 2. The molecular weight excluding hydrogens is 236 g/mol. The number of hydrogen-bond acceptors (Lipinski definition) is 3. The van der Waals surface area contributed by atoms with Crippen molar-refractivity contribution in [2.75, 3.05) is 11.1 Å². The van der Waals surface area contributed by atoms with Gasteiger partial charge in [-0.05, 0) is 30.3 Å². The van der Waals surface area contributed by atoms with Gasteiger partial charge in [-0.2, -0.15) is 5.26 Å². The lowest BCUT2D eigenvalue weighted by molar-refractivity contribution is 0.509. The Morgan fingerprint density at radius 1 is 1.06 bits per heavy atom. The molecule has 0 heterocycles. The van der Waals surface area contributed by atoms with Crippen LogP contribution in [0, 0.1) is 23.0 Å². The van der Waals surface area contributed by atoms with Crippen molar-refractivity contribution in [1.82, 2.24) is 0 Å². The van der Waals surface area contributed by atoms with E-state index < -0.39 is 11.6 Å². The van der Waals surface area contributed by atoms with E-state index in [0.29, 0.717) is 22.6 Å². The van der Waals surface area contributed by atoms with E-state index in [2.05, 4.69) is 5.32 Å². The predicted octanol–water partition coefficient (Wildman–Crippen LogP) is 3.16. The molecule has 0 amide bonds. The van der Waals surface area contributed by atoms with Gasteiger partial charge in [0.2, 0.25) is 0 Å². The third-order valence-corrected chi connectivity index (χ3v) is 2.38. The van der Waals surface area contributed by atoms with Crippen LogP contribution in [0.15, 0.2) is 36.4 Å². The lowest BCUT2D eigenvalue weighted by Crippen LogP contribution is -1.97. The Balaban J connectivity index is 2.29. The number of halogens is 2. The topological polar surface area (TPSA) is 61.8 Å². The summed E-state index contributed by atoms with van der Waals surface area (Å²) < 4.78 is 25.8. The maximum absolute atomic E-state index is 13.0. The Morgan fingerprint density at radius 2 is 1.83 bits per heavy atom. The summed E-state index contributed by atoms with van der Waals surface area (Å²) in [7, 11) is 0. The molecule has 2 aromatic carbocycles. The molecule has 3 N–H and O–H groups in total. The maximum atomic E-state index is 13.0. The number of nitrogens with one attached hydrogen (secondary N) is 1. The smallest absolute Gasteiger partial charge is 0.160 e. The summed E-state index contributed by atoms with van der Waals surface area (Å²) in [5.74, 6) is -1.85. The van der Waals surface area contributed by atoms with Crippen LogP contribution in [0.3, 0.4) is 0 Å². The fourth-order valence-corrected chi connectivity index (χ4v) is 1.48. The van der Waals surface area contributed by atoms with Gasteiger partial charge in [-0.15, -0.1) is 0 Å². The second kappa shape index (κ2) is 4.72. The summed E-state index contributed by atoms with van der Waals surface area (Å²) in [6, 6.07) is 10.1. The van der Waals surface area contributed by atoms with Crippen molar-refractivity contribution in [2.24, 2.45) is 0 Å². The minimum absolute atomic E-state index is 0.360. The van der Waals surface area contributed by atoms with E-state index in [1.54, 1.807) is 12.1 Å². The second-order valence-corrected chi connectivity index (χ2v) is 3.67. The molecule has 0 saturated heterocycles. The highest BCUT2D eigenvalue weighted by molar-refractivity contribution is 5.73. The van der Waals surface area contributed by atoms with E-state index in [4.69, 9.17) is 11.0 Å². The fourth-order valence-electron chi connectivity index (χ4n) is 1.48. The fraction of sp³-hybridized carbons (Fsp3) is 0. The molecule has 0 bridgehead atoms. The van der Waals surface area contributed by atoms with Crippen LogP contribution >= 0.6 is 0 Å². The Hall–Kier alpha value is -2.61. The van der Waals surface area contributed by atoms with Crippen LogP contribution in [0.1, 0.15) is 5.56 Å². The van der Waals surface area contributed by atoms with Gasteiger partial charge in [0.25, 0.3) is 0 Å². The zero-order valence-corrected chi connectivity index (χ0v) is 9.24. The quantitative estimate of drug-likeness (QED) is 0.799. The molecule has 0 saturated carbocycles. The number of nitrogens with zero attached hydrogens (tertiary/aromatic N) is 1. The van der Waals surface area contributed by atoms with Crippen LogP contribution in [0.25, 0.3) is 0 Å². The van der Waals surface area contributed by atoms with Gasteiger partial charge in [0, 0.05) is 11.8 Å². The SMILES string of the molecule is N#Cc1ccc(Nc2ccc(F)c(F)c2)c(N)c1. The van der Waals surface area contributed by atoms with Crippen molar-refractivity contribution in [3.05, 3.63) is 53.6 Å². The molecule has 0 aromatic heterocycles. The molecule has 2 rings (SSSR count). The summed E-state index contributed by atoms with van der Waals surface area (Å²) >= 11 is 0. The third-order valence-electron chi connectivity index (χ3n) is 2.38. The van der Waals surface area contributed by atoms with Gasteiger partial charge in [-0.1, -0.05) is 0 Å². The van der Waals surface area contributed by atoms with Gasteiger partial charge in [0.15, 0.2) is 11.6 Å². The minimum atomic E-state index is -0.938. The molecule has 0 radical (unpaired) electrons. The summed E-state index contributed by atoms with van der Waals surface area (Å²) in [5.41, 5.74) is 7.43. The maximum Gasteiger partial charge on any atom is 0.160 e. The van der Waals surface area contributed by atoms with Crippen LogP contribution in [0.4, 0.5) is 25.8 Å². The van der Waals surface area contributed by atoms with Gasteiger partial charge in [0.05, 0.1) is 23.0 Å². The Morgan fingerprint density at radius 3 is 2.44 bits per heavy atom. The molecule has 5 heteroatoms. The monoisotopic (exact) mass is 245 g/mol. The number of hydrogen-bond donors (Lipinski definition) is 2. The summed E-state index contributed by atoms with van der Waals surface area (Å²) in [6.07, 6.45) is 0. The molecular formula is C13H9F2N3. The Bertz CT molecular complexity index is 633. The van der Waals surface area contributed by atoms with E-state index in [9.17, 15) is 8.78 Å². The zero-order valence-electron chi connectivity index (χ0n) is 9.24. The van der Waals surface area contributed by atoms with Crippen LogP contribution in [-0.2, 0) is 0 Å². The number of anilines is 3. The van der Waals surface area contributed by atoms with Crippen LogP contribution < -0.4 is 11.1 Å². The summed E-state index contributed by atoms with van der Waals surface area (Å²) in [5, 5.41) is 11.5. The lowest BCUT2D eigenvalue weighted by Gasteiger charge is -2.09. The third kappa shape index (κ3) is 2.38. The average Bonchev–Trinajstić information content (AvgIpc) is 2.36. The normalized spacial score (nSPS) is 9.83. The van der Waals surface area contributed by atoms with E-state index in [0.717, 1.165) is 12.1 Å². The highest BCUT2D eigenvalue weighted by Gasteiger charge is 2.05. The number of nitrogen functional groups attached to an aromatic ring is 1. The van der Waals surface area contributed by atoms with Crippen LogP contribution in [0.2, 0.25) is 0 Å². The van der Waals surface area contributed by atoms with Gasteiger partial charge in [-0.3, -0.25) is 0 Å². The second-order valence-electron chi connectivity index (χ2n) is 3.67. The van der Waals surface area contributed by atoms with E-state index >= 15 is 0 Å². The average molecular weight is 245 g/mol. The van der Waals surface area contributed by atoms with Crippen LogP contribution in [-0.4, -0.2) is 0 Å². The van der Waals surface area contributed by atoms with Crippen molar-refractivity contribution in [3.63, 3.8) is 0 Å². The molecule has 0 unspecified atom stereocenters. The Labute approximate surface area is 102 Å². The van der Waals surface area contributed by atoms with Crippen molar-refractivity contribution >= 4 is 17.1 Å². The number of nitrogens with two attached hydrogens (primary N) is 1. The van der Waals surface area contributed by atoms with Gasteiger partial charge >= 0.3 is 0 Å². The van der Waals surface area contributed by atoms with Crippen molar-refractivity contribution in [1.29, 1.82) is 5.26 Å². The standard InChI is InChI=1S/C13H9F2N3/c14-10-3-2-9(6-11(10)15)18-13-4-1-8(7-16)5-12(13)17/h1-6,18H,17H2. The number of nitriles is 1. The predicted molar refractivity (Wildman–Crippen MR) is 65.2 cm³/mol. The van der Waals surface area contributed by atoms with E-state index in [-0.39, 0.29) is 0 Å². The first-order valence-corrected chi connectivity index (χ1v) is 5.12. The minimum Gasteiger partial charge on any atom is -0.397 e. The summed E-state index contributed by atoms with van der Waals surface area (Å²) in [6.45, 7) is 0. The molecule has 0 atom stereocenters. The Kier molecular flexibility index (Phi) is 3.11. The first-order valence-electron chi connectivity index (χ1n) is 5.12. The molecule has 90 valence electrons. The van der Waals surface area contributed by atoms with Crippen molar-refractivity contribution in [3.8, 4) is 6.07 Å². The molecule has 18 heavy (non-hydrogen) atoms. The first-order chi connectivity index (χ1) is 8.60. The molecule has 0 aliphatic rings. The van der Waals surface area contributed by atoms with E-state index in [1.807, 2.05) is 6.07 Å². The largest absolute Gasteiger partial charge is 0.397 e. The molecule has 0 spiro atoms. The van der Waals surface area contributed by atoms with Gasteiger partial charge < -0.3 is 11.1 Å². The van der Waals surface area contributed by atoms with Gasteiger partial charge in [0.1, 0.15) is 0 Å². The van der Waals surface area contributed by atoms with E-state index in [1.165, 1.54) is 12.1 Å². The first kappa shape index (κ1) is 11.9. The highest BCUT2D eigenvalue weighted by Crippen LogP contribution is 2.24. The molecule has 0 aliphatic carbocycles. The highest BCUT2D eigenvalue weighted by atomic mass is 19.2. The van der Waals surface area contributed by atoms with Crippen molar-refractivity contribution in [2.45, 2.75) is 0 Å². The molecule has 0 fully saturated rings. The van der Waals surface area contributed by atoms with Gasteiger partial charge in [-0.25, -0.2) is 8.78 Å².